The number of methoxy groups -OCH3 is 1. The molecule has 0 saturated carbocycles. The molecule has 6 nitrogen and oxygen atoms in total. The van der Waals surface area contributed by atoms with Crippen molar-refractivity contribution in [1.29, 1.82) is 0 Å². The van der Waals surface area contributed by atoms with E-state index in [1.54, 1.807) is 19.1 Å². The van der Waals surface area contributed by atoms with Gasteiger partial charge in [-0.2, -0.15) is 0 Å². The van der Waals surface area contributed by atoms with E-state index in [1.165, 1.54) is 0 Å². The third-order valence-electron chi connectivity index (χ3n) is 3.64. The summed E-state index contributed by atoms with van der Waals surface area (Å²) in [6.45, 7) is 2.44. The first-order valence-electron chi connectivity index (χ1n) is 6.88. The lowest BCUT2D eigenvalue weighted by molar-refractivity contribution is 0.0988. The summed E-state index contributed by atoms with van der Waals surface area (Å²) < 4.78 is 7.33. The fraction of sp³-hybridized carbons (Fsp3) is 0.333. The van der Waals surface area contributed by atoms with Crippen LogP contribution >= 0.6 is 0 Å². The number of fused-ring (bicyclic) bond motifs is 1. The Labute approximate surface area is 123 Å². The zero-order valence-electron chi connectivity index (χ0n) is 12.2. The average Bonchev–Trinajstić information content (AvgIpc) is 2.97. The Bertz CT molecular complexity index is 642. The van der Waals surface area contributed by atoms with Crippen LogP contribution in [-0.2, 0) is 13.1 Å². The van der Waals surface area contributed by atoms with E-state index in [0.717, 1.165) is 24.6 Å². The van der Waals surface area contributed by atoms with Gasteiger partial charge in [0.25, 0.3) is 5.91 Å². The van der Waals surface area contributed by atoms with Gasteiger partial charge in [0, 0.05) is 26.3 Å². The number of carbonyl (C=O) groups is 1. The fourth-order valence-corrected chi connectivity index (χ4v) is 2.48. The van der Waals surface area contributed by atoms with Crippen molar-refractivity contribution >= 4 is 11.6 Å². The number of hydrogen-bond donors (Lipinski definition) is 1. The smallest absolute Gasteiger partial charge is 0.278 e. The van der Waals surface area contributed by atoms with Gasteiger partial charge in [0.2, 0.25) is 0 Å². The van der Waals surface area contributed by atoms with E-state index in [1.807, 2.05) is 35.0 Å². The summed E-state index contributed by atoms with van der Waals surface area (Å²) in [5.74, 6) is 1.43. The van der Waals surface area contributed by atoms with Gasteiger partial charge in [0.05, 0.1) is 19.3 Å². The van der Waals surface area contributed by atoms with Crippen LogP contribution in [0.25, 0.3) is 0 Å². The molecule has 2 aromatic rings. The first-order chi connectivity index (χ1) is 10.2. The van der Waals surface area contributed by atoms with Gasteiger partial charge in [-0.15, -0.1) is 0 Å². The van der Waals surface area contributed by atoms with E-state index in [-0.39, 0.29) is 5.91 Å². The van der Waals surface area contributed by atoms with E-state index >= 15 is 0 Å². The van der Waals surface area contributed by atoms with E-state index < -0.39 is 0 Å². The van der Waals surface area contributed by atoms with Crippen LogP contribution in [0.15, 0.2) is 30.5 Å². The van der Waals surface area contributed by atoms with Gasteiger partial charge in [0.15, 0.2) is 0 Å². The maximum Gasteiger partial charge on any atom is 0.278 e. The molecule has 1 aliphatic rings. The average molecular weight is 286 g/mol. The monoisotopic (exact) mass is 286 g/mol. The Balaban J connectivity index is 1.89. The van der Waals surface area contributed by atoms with Crippen molar-refractivity contribution in [1.82, 2.24) is 14.9 Å². The van der Waals surface area contributed by atoms with Gasteiger partial charge >= 0.3 is 0 Å². The van der Waals surface area contributed by atoms with Crippen LogP contribution in [0.3, 0.4) is 0 Å². The normalized spacial score (nSPS) is 13.6. The van der Waals surface area contributed by atoms with Crippen LogP contribution < -0.4 is 15.0 Å². The summed E-state index contributed by atoms with van der Waals surface area (Å²) in [6, 6.07) is 7.45. The number of imidazole rings is 1. The van der Waals surface area contributed by atoms with Gasteiger partial charge in [-0.25, -0.2) is 4.98 Å². The van der Waals surface area contributed by atoms with Crippen LogP contribution in [0.2, 0.25) is 0 Å². The third-order valence-corrected chi connectivity index (χ3v) is 3.64. The predicted octanol–water partition coefficient (Wildman–Crippen LogP) is 1.27. The molecule has 1 amide bonds. The molecule has 0 unspecified atom stereocenters. The van der Waals surface area contributed by atoms with Crippen molar-refractivity contribution < 1.29 is 9.53 Å². The molecule has 0 fully saturated rings. The zero-order valence-corrected chi connectivity index (χ0v) is 12.2. The molecule has 0 radical (unpaired) electrons. The SMILES string of the molecule is COc1ccccc1N(C)C(=O)c1cn2c(n1)CNCC2. The molecule has 1 aliphatic heterocycles. The van der Waals surface area contributed by atoms with Gasteiger partial charge in [-0.3, -0.25) is 4.79 Å². The van der Waals surface area contributed by atoms with Gasteiger partial charge in [0.1, 0.15) is 17.3 Å². The Morgan fingerprint density at radius 2 is 2.24 bits per heavy atom. The summed E-state index contributed by atoms with van der Waals surface area (Å²) in [5.41, 5.74) is 1.19. The number of amides is 1. The lowest BCUT2D eigenvalue weighted by Gasteiger charge is -2.18. The second kappa shape index (κ2) is 5.57. The largest absolute Gasteiger partial charge is 0.495 e. The highest BCUT2D eigenvalue weighted by molar-refractivity contribution is 6.05. The number of anilines is 1. The Kier molecular flexibility index (Phi) is 3.62. The van der Waals surface area contributed by atoms with E-state index in [4.69, 9.17) is 4.74 Å². The van der Waals surface area contributed by atoms with Gasteiger partial charge in [-0.1, -0.05) is 12.1 Å². The van der Waals surface area contributed by atoms with Crippen LogP contribution in [0, 0.1) is 0 Å². The first kappa shape index (κ1) is 13.6. The highest BCUT2D eigenvalue weighted by Crippen LogP contribution is 2.27. The number of rotatable bonds is 3. The predicted molar refractivity (Wildman–Crippen MR) is 79.7 cm³/mol. The number of benzene rings is 1. The third kappa shape index (κ3) is 2.50. The van der Waals surface area contributed by atoms with E-state index in [9.17, 15) is 4.79 Å². The minimum atomic E-state index is -0.138. The molecule has 0 bridgehead atoms. The molecule has 1 aromatic carbocycles. The van der Waals surface area contributed by atoms with Crippen LogP contribution in [0.5, 0.6) is 5.75 Å². The highest BCUT2D eigenvalue weighted by Gasteiger charge is 2.21. The summed E-state index contributed by atoms with van der Waals surface area (Å²) in [6.07, 6.45) is 1.82. The number of aromatic nitrogens is 2. The Hall–Kier alpha value is -2.34. The number of nitrogens with one attached hydrogen (secondary N) is 1. The molecule has 1 aromatic heterocycles. The second-order valence-electron chi connectivity index (χ2n) is 4.95. The summed E-state index contributed by atoms with van der Waals surface area (Å²) >= 11 is 0. The minimum Gasteiger partial charge on any atom is -0.495 e. The fourth-order valence-electron chi connectivity index (χ4n) is 2.48. The molecular weight excluding hydrogens is 268 g/mol. The zero-order chi connectivity index (χ0) is 14.8. The Morgan fingerprint density at radius 3 is 3.00 bits per heavy atom. The van der Waals surface area contributed by atoms with Crippen LogP contribution in [-0.4, -0.2) is 36.2 Å². The van der Waals surface area contributed by atoms with Crippen molar-refractivity contribution in [3.05, 3.63) is 42.0 Å². The molecule has 2 heterocycles. The number of nitrogens with zero attached hydrogens (tertiary/aromatic N) is 3. The molecule has 6 heteroatoms. The second-order valence-corrected chi connectivity index (χ2v) is 4.95. The molecule has 3 rings (SSSR count). The lowest BCUT2D eigenvalue weighted by Crippen LogP contribution is -2.27. The lowest BCUT2D eigenvalue weighted by atomic mass is 10.2. The number of carbonyl (C=O) groups excluding carboxylic acids is 1. The van der Waals surface area contributed by atoms with E-state index in [2.05, 4.69) is 10.3 Å². The maximum atomic E-state index is 12.6. The summed E-state index contributed by atoms with van der Waals surface area (Å²) in [4.78, 5) is 18.6. The summed E-state index contributed by atoms with van der Waals surface area (Å²) in [5, 5.41) is 3.24. The van der Waals surface area contributed by atoms with Crippen LogP contribution in [0.4, 0.5) is 5.69 Å². The topological polar surface area (TPSA) is 59.4 Å². The molecule has 0 saturated heterocycles. The van der Waals surface area contributed by atoms with E-state index in [0.29, 0.717) is 18.0 Å². The molecular formula is C15H18N4O2. The van der Waals surface area contributed by atoms with Gasteiger partial charge in [-0.05, 0) is 12.1 Å². The molecule has 110 valence electrons. The number of hydrogen-bond acceptors (Lipinski definition) is 4. The minimum absolute atomic E-state index is 0.138. The molecule has 0 aliphatic carbocycles. The summed E-state index contributed by atoms with van der Waals surface area (Å²) in [7, 11) is 3.33. The van der Waals surface area contributed by atoms with Crippen molar-refractivity contribution in [3.8, 4) is 5.75 Å². The van der Waals surface area contributed by atoms with Crippen molar-refractivity contribution in [2.75, 3.05) is 25.6 Å². The number of ether oxygens (including phenoxy) is 1. The molecule has 0 spiro atoms. The van der Waals surface area contributed by atoms with Gasteiger partial charge < -0.3 is 19.5 Å². The van der Waals surface area contributed by atoms with Crippen molar-refractivity contribution in [2.45, 2.75) is 13.1 Å². The standard InChI is InChI=1S/C15H18N4O2/c1-18(12-5-3-4-6-13(12)21-2)15(20)11-10-19-8-7-16-9-14(19)17-11/h3-6,10,16H,7-9H2,1-2H3. The first-order valence-corrected chi connectivity index (χ1v) is 6.88. The maximum absolute atomic E-state index is 12.6. The number of para-hydroxylation sites is 2. The Morgan fingerprint density at radius 1 is 1.43 bits per heavy atom. The highest BCUT2D eigenvalue weighted by atomic mass is 16.5. The quantitative estimate of drug-likeness (QED) is 0.923. The van der Waals surface area contributed by atoms with Crippen molar-refractivity contribution in [2.24, 2.45) is 0 Å². The van der Waals surface area contributed by atoms with Crippen LogP contribution in [0.1, 0.15) is 16.3 Å². The molecule has 21 heavy (non-hydrogen) atoms. The molecule has 0 atom stereocenters. The van der Waals surface area contributed by atoms with Crippen molar-refractivity contribution in [3.63, 3.8) is 0 Å². The molecule has 1 N–H and O–H groups in total.